The van der Waals surface area contributed by atoms with Crippen molar-refractivity contribution in [1.82, 2.24) is 4.98 Å². The number of pyridine rings is 1. The zero-order valence-electron chi connectivity index (χ0n) is 9.51. The van der Waals surface area contributed by atoms with Gasteiger partial charge in [0.1, 0.15) is 0 Å². The first-order chi connectivity index (χ1) is 7.75. The van der Waals surface area contributed by atoms with Crippen molar-refractivity contribution in [3.63, 3.8) is 0 Å². The molecule has 0 fully saturated rings. The van der Waals surface area contributed by atoms with Gasteiger partial charge in [0.15, 0.2) is 0 Å². The van der Waals surface area contributed by atoms with Gasteiger partial charge < -0.3 is 10.2 Å². The summed E-state index contributed by atoms with van der Waals surface area (Å²) in [4.78, 5) is 6.06. The van der Waals surface area contributed by atoms with Gasteiger partial charge in [-0.1, -0.05) is 0 Å². The van der Waals surface area contributed by atoms with E-state index in [0.717, 1.165) is 11.4 Å². The quantitative estimate of drug-likeness (QED) is 0.849. The molecule has 1 aromatic heterocycles. The van der Waals surface area contributed by atoms with E-state index < -0.39 is 0 Å². The Morgan fingerprint density at radius 1 is 0.875 bits per heavy atom. The normalized spacial score (nSPS) is 9.88. The van der Waals surface area contributed by atoms with Crippen molar-refractivity contribution in [3.8, 4) is 0 Å². The Morgan fingerprint density at radius 3 is 2.00 bits per heavy atom. The van der Waals surface area contributed by atoms with E-state index in [1.807, 2.05) is 26.2 Å². The van der Waals surface area contributed by atoms with Crippen molar-refractivity contribution in [3.05, 3.63) is 48.8 Å². The lowest BCUT2D eigenvalue weighted by Gasteiger charge is -2.13. The number of aromatic nitrogens is 1. The van der Waals surface area contributed by atoms with Crippen LogP contribution in [0.4, 0.5) is 17.1 Å². The molecule has 0 aliphatic rings. The van der Waals surface area contributed by atoms with E-state index >= 15 is 0 Å². The summed E-state index contributed by atoms with van der Waals surface area (Å²) >= 11 is 0. The molecule has 0 aliphatic heterocycles. The summed E-state index contributed by atoms with van der Waals surface area (Å²) in [6.45, 7) is 0. The van der Waals surface area contributed by atoms with Crippen LogP contribution in [0.15, 0.2) is 48.8 Å². The predicted molar refractivity (Wildman–Crippen MR) is 68.3 cm³/mol. The van der Waals surface area contributed by atoms with E-state index in [1.54, 1.807) is 12.4 Å². The Balaban J connectivity index is 2.11. The molecule has 1 aromatic carbocycles. The van der Waals surface area contributed by atoms with E-state index in [0.29, 0.717) is 0 Å². The molecule has 3 heteroatoms. The molecule has 0 radical (unpaired) electrons. The molecule has 3 nitrogen and oxygen atoms in total. The highest BCUT2D eigenvalue weighted by molar-refractivity contribution is 5.62. The van der Waals surface area contributed by atoms with Gasteiger partial charge in [0.2, 0.25) is 0 Å². The third-order valence-corrected chi connectivity index (χ3v) is 2.35. The first-order valence-corrected chi connectivity index (χ1v) is 5.20. The maximum atomic E-state index is 3.98. The average Bonchev–Trinajstić information content (AvgIpc) is 2.31. The van der Waals surface area contributed by atoms with E-state index in [1.165, 1.54) is 5.69 Å². The standard InChI is InChI=1S/C13H15N3/c1-16(2)13-5-3-11(4-6-13)15-12-7-9-14-10-8-12/h3-10H,1-2H3,(H,14,15). The molecule has 0 aliphatic carbocycles. The van der Waals surface area contributed by atoms with Gasteiger partial charge in [0.25, 0.3) is 0 Å². The summed E-state index contributed by atoms with van der Waals surface area (Å²) in [5.41, 5.74) is 3.32. The number of hydrogen-bond donors (Lipinski definition) is 1. The van der Waals surface area contributed by atoms with Crippen LogP contribution >= 0.6 is 0 Å². The molecule has 0 saturated carbocycles. The second-order valence-electron chi connectivity index (χ2n) is 3.80. The summed E-state index contributed by atoms with van der Waals surface area (Å²) in [6, 6.07) is 12.2. The number of nitrogens with zero attached hydrogens (tertiary/aromatic N) is 2. The lowest BCUT2D eigenvalue weighted by atomic mass is 10.2. The van der Waals surface area contributed by atoms with Gasteiger partial charge in [-0.2, -0.15) is 0 Å². The van der Waals surface area contributed by atoms with Crippen LogP contribution in [-0.2, 0) is 0 Å². The van der Waals surface area contributed by atoms with Crippen molar-refractivity contribution < 1.29 is 0 Å². The van der Waals surface area contributed by atoms with Gasteiger partial charge >= 0.3 is 0 Å². The zero-order chi connectivity index (χ0) is 11.4. The highest BCUT2D eigenvalue weighted by Gasteiger charge is 1.96. The second-order valence-corrected chi connectivity index (χ2v) is 3.80. The van der Waals surface area contributed by atoms with Gasteiger partial charge in [0, 0.05) is 43.6 Å². The van der Waals surface area contributed by atoms with E-state index in [2.05, 4.69) is 39.5 Å². The maximum Gasteiger partial charge on any atom is 0.0415 e. The minimum Gasteiger partial charge on any atom is -0.378 e. The number of rotatable bonds is 3. The SMILES string of the molecule is CN(C)c1ccc(Nc2ccncc2)cc1. The van der Waals surface area contributed by atoms with E-state index in [4.69, 9.17) is 0 Å². The van der Waals surface area contributed by atoms with Crippen LogP contribution in [0.25, 0.3) is 0 Å². The molecular weight excluding hydrogens is 198 g/mol. The Labute approximate surface area is 95.7 Å². The van der Waals surface area contributed by atoms with Gasteiger partial charge in [0.05, 0.1) is 0 Å². The summed E-state index contributed by atoms with van der Waals surface area (Å²) in [5, 5.41) is 3.31. The molecule has 1 heterocycles. The fraction of sp³-hybridized carbons (Fsp3) is 0.154. The largest absolute Gasteiger partial charge is 0.378 e. The van der Waals surface area contributed by atoms with Gasteiger partial charge in [-0.15, -0.1) is 0 Å². The van der Waals surface area contributed by atoms with Crippen molar-refractivity contribution in [2.75, 3.05) is 24.3 Å². The molecular formula is C13H15N3. The van der Waals surface area contributed by atoms with Crippen molar-refractivity contribution in [2.45, 2.75) is 0 Å². The third-order valence-electron chi connectivity index (χ3n) is 2.35. The van der Waals surface area contributed by atoms with E-state index in [9.17, 15) is 0 Å². The first-order valence-electron chi connectivity index (χ1n) is 5.20. The van der Waals surface area contributed by atoms with Crippen molar-refractivity contribution in [1.29, 1.82) is 0 Å². The van der Waals surface area contributed by atoms with Crippen LogP contribution in [-0.4, -0.2) is 19.1 Å². The van der Waals surface area contributed by atoms with Crippen molar-refractivity contribution in [2.24, 2.45) is 0 Å². The van der Waals surface area contributed by atoms with E-state index in [-0.39, 0.29) is 0 Å². The Kier molecular flexibility index (Phi) is 3.05. The molecule has 0 spiro atoms. The van der Waals surface area contributed by atoms with Crippen LogP contribution in [0.5, 0.6) is 0 Å². The lowest BCUT2D eigenvalue weighted by Crippen LogP contribution is -2.08. The van der Waals surface area contributed by atoms with Gasteiger partial charge in [-0.3, -0.25) is 4.98 Å². The highest BCUT2D eigenvalue weighted by Crippen LogP contribution is 2.19. The molecule has 2 rings (SSSR count). The van der Waals surface area contributed by atoms with Crippen LogP contribution in [0.2, 0.25) is 0 Å². The Bertz CT molecular complexity index is 434. The highest BCUT2D eigenvalue weighted by atomic mass is 15.1. The average molecular weight is 213 g/mol. The molecule has 0 amide bonds. The Hall–Kier alpha value is -2.03. The third kappa shape index (κ3) is 2.51. The first kappa shape index (κ1) is 10.5. The summed E-state index contributed by atoms with van der Waals surface area (Å²) in [7, 11) is 4.07. The fourth-order valence-corrected chi connectivity index (χ4v) is 1.44. The molecule has 0 bridgehead atoms. The topological polar surface area (TPSA) is 28.2 Å². The van der Waals surface area contributed by atoms with Crippen LogP contribution in [0, 0.1) is 0 Å². The fourth-order valence-electron chi connectivity index (χ4n) is 1.44. The van der Waals surface area contributed by atoms with Crippen LogP contribution in [0.3, 0.4) is 0 Å². The van der Waals surface area contributed by atoms with Crippen LogP contribution < -0.4 is 10.2 Å². The predicted octanol–water partition coefficient (Wildman–Crippen LogP) is 2.89. The molecule has 0 unspecified atom stereocenters. The van der Waals surface area contributed by atoms with Crippen LogP contribution in [0.1, 0.15) is 0 Å². The smallest absolute Gasteiger partial charge is 0.0415 e. The van der Waals surface area contributed by atoms with Gasteiger partial charge in [-0.05, 0) is 36.4 Å². The molecule has 16 heavy (non-hydrogen) atoms. The minimum atomic E-state index is 1.05. The maximum absolute atomic E-state index is 3.98. The lowest BCUT2D eigenvalue weighted by molar-refractivity contribution is 1.13. The zero-order valence-corrected chi connectivity index (χ0v) is 9.51. The summed E-state index contributed by atoms with van der Waals surface area (Å²) < 4.78 is 0. The summed E-state index contributed by atoms with van der Waals surface area (Å²) in [6.07, 6.45) is 3.55. The Morgan fingerprint density at radius 2 is 1.44 bits per heavy atom. The number of anilines is 3. The molecule has 0 atom stereocenters. The minimum absolute atomic E-state index is 1.05. The van der Waals surface area contributed by atoms with Crippen molar-refractivity contribution >= 4 is 17.1 Å². The second kappa shape index (κ2) is 4.66. The number of benzene rings is 1. The molecule has 0 saturated heterocycles. The monoisotopic (exact) mass is 213 g/mol. The van der Waals surface area contributed by atoms with Gasteiger partial charge in [-0.25, -0.2) is 0 Å². The number of hydrogen-bond acceptors (Lipinski definition) is 3. The number of nitrogens with one attached hydrogen (secondary N) is 1. The summed E-state index contributed by atoms with van der Waals surface area (Å²) in [5.74, 6) is 0. The molecule has 2 aromatic rings. The molecule has 1 N–H and O–H groups in total. The molecule has 82 valence electrons.